The Kier molecular flexibility index (Phi) is 3.48. The highest BCUT2D eigenvalue weighted by atomic mass is 35.5. The van der Waals surface area contributed by atoms with Crippen LogP contribution >= 0.6 is 35.4 Å². The molecule has 16 heavy (non-hydrogen) atoms. The number of benzene rings is 1. The van der Waals surface area contributed by atoms with Gasteiger partial charge in [0.25, 0.3) is 0 Å². The van der Waals surface area contributed by atoms with Crippen molar-refractivity contribution in [1.29, 1.82) is 0 Å². The molecule has 7 heteroatoms. The van der Waals surface area contributed by atoms with E-state index >= 15 is 0 Å². The number of H-pyrrole nitrogens is 2. The van der Waals surface area contributed by atoms with Crippen molar-refractivity contribution in [3.05, 3.63) is 38.8 Å². The molecule has 0 aliphatic rings. The maximum absolute atomic E-state index is 5.93. The molecular formula is C9H7Cl2N3OS. The highest BCUT2D eigenvalue weighted by Crippen LogP contribution is 2.27. The maximum atomic E-state index is 5.93. The van der Waals surface area contributed by atoms with Gasteiger partial charge in [-0.25, -0.2) is 0 Å². The van der Waals surface area contributed by atoms with E-state index in [1.54, 1.807) is 18.2 Å². The Morgan fingerprint density at radius 2 is 2.19 bits per heavy atom. The van der Waals surface area contributed by atoms with Crippen LogP contribution in [0.4, 0.5) is 0 Å². The summed E-state index contributed by atoms with van der Waals surface area (Å²) in [7, 11) is 0. The molecule has 0 aliphatic carbocycles. The molecule has 0 atom stereocenters. The summed E-state index contributed by atoms with van der Waals surface area (Å²) in [5, 5.41) is 7.53. The van der Waals surface area contributed by atoms with Gasteiger partial charge in [-0.15, -0.1) is 0 Å². The molecule has 0 saturated carbocycles. The number of ether oxygens (including phenoxy) is 1. The first-order chi connectivity index (χ1) is 7.65. The number of hydrogen-bond acceptors (Lipinski definition) is 3. The maximum Gasteiger partial charge on any atom is 0.192 e. The largest absolute Gasteiger partial charge is 0.484 e. The lowest BCUT2D eigenvalue weighted by Gasteiger charge is -2.05. The predicted octanol–water partition coefficient (Wildman–Crippen LogP) is 3.35. The number of rotatable bonds is 3. The topological polar surface area (TPSA) is 53.7 Å². The van der Waals surface area contributed by atoms with E-state index in [4.69, 9.17) is 40.2 Å². The molecule has 0 saturated heterocycles. The van der Waals surface area contributed by atoms with Gasteiger partial charge in [0.15, 0.2) is 10.6 Å². The first-order valence-electron chi connectivity index (χ1n) is 4.36. The third-order valence-corrected chi connectivity index (χ3v) is 2.53. The van der Waals surface area contributed by atoms with Crippen molar-refractivity contribution in [2.24, 2.45) is 0 Å². The number of aromatic nitrogens is 3. The van der Waals surface area contributed by atoms with E-state index in [1.165, 1.54) is 0 Å². The van der Waals surface area contributed by atoms with E-state index in [-0.39, 0.29) is 6.61 Å². The zero-order valence-electron chi connectivity index (χ0n) is 7.96. The predicted molar refractivity (Wildman–Crippen MR) is 64.6 cm³/mol. The van der Waals surface area contributed by atoms with Gasteiger partial charge < -0.3 is 9.72 Å². The summed E-state index contributed by atoms with van der Waals surface area (Å²) in [4.78, 5) is 2.83. The average molecular weight is 276 g/mol. The average Bonchev–Trinajstić information content (AvgIpc) is 2.63. The molecule has 0 aliphatic heterocycles. The van der Waals surface area contributed by atoms with E-state index in [9.17, 15) is 0 Å². The smallest absolute Gasteiger partial charge is 0.192 e. The lowest BCUT2D eigenvalue weighted by Crippen LogP contribution is -1.98. The summed E-state index contributed by atoms with van der Waals surface area (Å²) in [6, 6.07) is 5.02. The van der Waals surface area contributed by atoms with Crippen molar-refractivity contribution in [1.82, 2.24) is 15.2 Å². The van der Waals surface area contributed by atoms with Crippen LogP contribution in [0.3, 0.4) is 0 Å². The van der Waals surface area contributed by atoms with Gasteiger partial charge in [-0.1, -0.05) is 23.2 Å². The van der Waals surface area contributed by atoms with Crippen molar-refractivity contribution in [2.45, 2.75) is 6.61 Å². The molecule has 4 nitrogen and oxygen atoms in total. The molecule has 0 radical (unpaired) electrons. The molecule has 84 valence electrons. The molecular weight excluding hydrogens is 269 g/mol. The Bertz CT molecular complexity index is 552. The zero-order valence-corrected chi connectivity index (χ0v) is 10.3. The van der Waals surface area contributed by atoms with Gasteiger partial charge >= 0.3 is 0 Å². The van der Waals surface area contributed by atoms with E-state index in [0.717, 1.165) is 0 Å². The molecule has 1 aromatic heterocycles. The zero-order chi connectivity index (χ0) is 11.5. The fourth-order valence-corrected chi connectivity index (χ4v) is 1.74. The molecule has 0 amide bonds. The molecule has 0 unspecified atom stereocenters. The van der Waals surface area contributed by atoms with Crippen molar-refractivity contribution in [3.8, 4) is 5.75 Å². The van der Waals surface area contributed by atoms with Crippen LogP contribution in [-0.2, 0) is 6.61 Å². The van der Waals surface area contributed by atoms with Gasteiger partial charge in [0, 0.05) is 5.02 Å². The summed E-state index contributed by atoms with van der Waals surface area (Å²) in [5.74, 6) is 1.16. The number of halogens is 2. The third-order valence-electron chi connectivity index (χ3n) is 1.81. The standard InChI is InChI=1S/C9H7Cl2N3OS/c10-5-1-2-7(6(11)3-5)15-4-8-12-9(16)14-13-8/h1-3H,4H2,(H2,12,13,14,16). The SMILES string of the molecule is S=c1[nH]nc(COc2ccc(Cl)cc2Cl)[nH]1. The second-order valence-electron chi connectivity index (χ2n) is 2.99. The van der Waals surface area contributed by atoms with Gasteiger partial charge in [0.05, 0.1) is 5.02 Å². The molecule has 2 rings (SSSR count). The fourth-order valence-electron chi connectivity index (χ4n) is 1.11. The molecule has 2 N–H and O–H groups in total. The minimum atomic E-state index is 0.258. The highest BCUT2D eigenvalue weighted by Gasteiger charge is 2.03. The molecule has 0 fully saturated rings. The molecule has 0 spiro atoms. The van der Waals surface area contributed by atoms with Crippen LogP contribution in [0.5, 0.6) is 5.75 Å². The summed E-state index contributed by atoms with van der Waals surface area (Å²) in [5.41, 5.74) is 0. The molecule has 0 bridgehead atoms. The lowest BCUT2D eigenvalue weighted by molar-refractivity contribution is 0.296. The van der Waals surface area contributed by atoms with Gasteiger partial charge in [-0.3, -0.25) is 5.10 Å². The fraction of sp³-hybridized carbons (Fsp3) is 0.111. The second kappa shape index (κ2) is 4.86. The second-order valence-corrected chi connectivity index (χ2v) is 4.24. The summed E-state index contributed by atoms with van der Waals surface area (Å²) in [6.07, 6.45) is 0. The Balaban J connectivity index is 2.07. The van der Waals surface area contributed by atoms with Crippen LogP contribution < -0.4 is 4.74 Å². The van der Waals surface area contributed by atoms with Crippen molar-refractivity contribution >= 4 is 35.4 Å². The summed E-state index contributed by atoms with van der Waals surface area (Å²) in [6.45, 7) is 0.258. The van der Waals surface area contributed by atoms with E-state index in [0.29, 0.717) is 26.4 Å². The van der Waals surface area contributed by atoms with E-state index < -0.39 is 0 Å². The van der Waals surface area contributed by atoms with Crippen molar-refractivity contribution in [3.63, 3.8) is 0 Å². The lowest BCUT2D eigenvalue weighted by atomic mass is 10.3. The number of nitrogens with one attached hydrogen (secondary N) is 2. The minimum Gasteiger partial charge on any atom is -0.484 e. The molecule has 1 aromatic carbocycles. The van der Waals surface area contributed by atoms with Crippen LogP contribution in [0, 0.1) is 4.77 Å². The van der Waals surface area contributed by atoms with Gasteiger partial charge in [-0.2, -0.15) is 5.10 Å². The van der Waals surface area contributed by atoms with Crippen molar-refractivity contribution < 1.29 is 4.74 Å². The Hall–Kier alpha value is -1.04. The van der Waals surface area contributed by atoms with Crippen LogP contribution in [0.15, 0.2) is 18.2 Å². The highest BCUT2D eigenvalue weighted by molar-refractivity contribution is 7.71. The Labute approximate surface area is 107 Å². The van der Waals surface area contributed by atoms with Gasteiger partial charge in [0.2, 0.25) is 0 Å². The van der Waals surface area contributed by atoms with E-state index in [2.05, 4.69) is 15.2 Å². The number of hydrogen-bond donors (Lipinski definition) is 2. The quantitative estimate of drug-likeness (QED) is 0.845. The van der Waals surface area contributed by atoms with E-state index in [1.807, 2.05) is 0 Å². The van der Waals surface area contributed by atoms with Crippen LogP contribution in [0.25, 0.3) is 0 Å². The Morgan fingerprint density at radius 1 is 1.38 bits per heavy atom. The number of nitrogens with zero attached hydrogens (tertiary/aromatic N) is 1. The molecule has 1 heterocycles. The monoisotopic (exact) mass is 275 g/mol. The van der Waals surface area contributed by atoms with Crippen LogP contribution in [-0.4, -0.2) is 15.2 Å². The Morgan fingerprint density at radius 3 is 2.81 bits per heavy atom. The van der Waals surface area contributed by atoms with Gasteiger partial charge in [0.1, 0.15) is 12.4 Å². The first-order valence-corrected chi connectivity index (χ1v) is 5.53. The third kappa shape index (κ3) is 2.75. The summed E-state index contributed by atoms with van der Waals surface area (Å²) >= 11 is 16.5. The van der Waals surface area contributed by atoms with Crippen LogP contribution in [0.2, 0.25) is 10.0 Å². The number of aromatic amines is 2. The summed E-state index contributed by atoms with van der Waals surface area (Å²) < 4.78 is 5.90. The normalized spacial score (nSPS) is 10.4. The minimum absolute atomic E-state index is 0.258. The van der Waals surface area contributed by atoms with Crippen molar-refractivity contribution in [2.75, 3.05) is 0 Å². The molecule has 2 aromatic rings. The first kappa shape index (κ1) is 11.4. The van der Waals surface area contributed by atoms with Crippen LogP contribution in [0.1, 0.15) is 5.82 Å². The van der Waals surface area contributed by atoms with Gasteiger partial charge in [-0.05, 0) is 30.4 Å².